The summed E-state index contributed by atoms with van der Waals surface area (Å²) >= 11 is 9.01. The molecule has 0 nitrogen and oxygen atoms in total. The van der Waals surface area contributed by atoms with Crippen molar-refractivity contribution in [3.05, 3.63) is 157 Å². The topological polar surface area (TPSA) is 0 Å². The summed E-state index contributed by atoms with van der Waals surface area (Å²) in [5.74, 6) is 0. The Morgan fingerprint density at radius 2 is 0.326 bits per heavy atom. The molecule has 6 aromatic carbocycles. The standard InChI is InChI=1S/C38H30S5/c1-27-3-7-29(8-4-27)39-31-11-15-33(16-12-31)41-35-19-23-37(24-20-35)43-38-25-21-36(22-26-38)42-34-17-13-32(14-18-34)40-30-9-5-28(2)6-10-30/h3-26H,1-2H3. The minimum Gasteiger partial charge on any atom is -0.0901 e. The molecule has 0 heterocycles. The molecule has 0 atom stereocenters. The van der Waals surface area contributed by atoms with Crippen LogP contribution < -0.4 is 0 Å². The second-order valence-electron chi connectivity index (χ2n) is 10.0. The van der Waals surface area contributed by atoms with Crippen LogP contribution in [-0.2, 0) is 0 Å². The second-order valence-corrected chi connectivity index (χ2v) is 15.8. The SMILES string of the molecule is Cc1ccc(Sc2ccc(Sc3ccc(Sc4ccc(Sc5ccc(Sc6ccc(C)cc6)cc5)cc4)cc3)cc2)cc1. The van der Waals surface area contributed by atoms with Gasteiger partial charge in [-0.25, -0.2) is 0 Å². The van der Waals surface area contributed by atoms with Crippen molar-refractivity contribution in [2.45, 2.75) is 62.8 Å². The lowest BCUT2D eigenvalue weighted by Crippen LogP contribution is -1.79. The van der Waals surface area contributed by atoms with E-state index in [0.29, 0.717) is 0 Å². The maximum absolute atomic E-state index is 2.22. The van der Waals surface area contributed by atoms with Gasteiger partial charge in [0.1, 0.15) is 0 Å². The summed E-state index contributed by atoms with van der Waals surface area (Å²) in [6.45, 7) is 4.24. The molecule has 43 heavy (non-hydrogen) atoms. The van der Waals surface area contributed by atoms with Gasteiger partial charge < -0.3 is 0 Å². The smallest absolute Gasteiger partial charge is 0.0123 e. The monoisotopic (exact) mass is 646 g/mol. The molecule has 0 radical (unpaired) electrons. The quantitative estimate of drug-likeness (QED) is 0.145. The summed E-state index contributed by atoms with van der Waals surface area (Å²) in [6, 6.07) is 52.8. The maximum atomic E-state index is 2.22. The molecule has 0 spiro atoms. The zero-order valence-corrected chi connectivity index (χ0v) is 28.0. The molecule has 0 N–H and O–H groups in total. The van der Waals surface area contributed by atoms with Crippen molar-refractivity contribution >= 4 is 58.8 Å². The molecule has 0 saturated heterocycles. The summed E-state index contributed by atoms with van der Waals surface area (Å²) in [6.07, 6.45) is 0. The average molecular weight is 647 g/mol. The Morgan fingerprint density at radius 3 is 0.465 bits per heavy atom. The Labute approximate surface area is 276 Å². The summed E-state index contributed by atoms with van der Waals surface area (Å²) < 4.78 is 0. The van der Waals surface area contributed by atoms with Gasteiger partial charge in [0.25, 0.3) is 0 Å². The van der Waals surface area contributed by atoms with Gasteiger partial charge >= 0.3 is 0 Å². The Balaban J connectivity index is 0.988. The highest BCUT2D eigenvalue weighted by atomic mass is 32.2. The van der Waals surface area contributed by atoms with Gasteiger partial charge in [-0.05, 0) is 135 Å². The molecule has 0 aliphatic heterocycles. The second kappa shape index (κ2) is 14.7. The lowest BCUT2D eigenvalue weighted by atomic mass is 10.2. The Hall–Kier alpha value is -2.93. The number of hydrogen-bond donors (Lipinski definition) is 0. The third-order valence-electron chi connectivity index (χ3n) is 6.52. The van der Waals surface area contributed by atoms with Crippen LogP contribution in [0.3, 0.4) is 0 Å². The molecule has 0 aliphatic carbocycles. The van der Waals surface area contributed by atoms with Crippen molar-refractivity contribution in [2.24, 2.45) is 0 Å². The van der Waals surface area contributed by atoms with E-state index in [1.54, 1.807) is 58.8 Å². The molecule has 6 rings (SSSR count). The summed E-state index contributed by atoms with van der Waals surface area (Å²) in [4.78, 5) is 12.6. The minimum absolute atomic E-state index is 1.25. The fourth-order valence-electron chi connectivity index (χ4n) is 4.20. The highest BCUT2D eigenvalue weighted by Gasteiger charge is 2.05. The molecule has 0 saturated carbocycles. The van der Waals surface area contributed by atoms with E-state index in [1.807, 2.05) is 0 Å². The Bertz CT molecular complexity index is 1610. The first-order valence-electron chi connectivity index (χ1n) is 14.0. The molecular weight excluding hydrogens is 617 g/mol. The van der Waals surface area contributed by atoms with E-state index >= 15 is 0 Å². The van der Waals surface area contributed by atoms with Crippen LogP contribution in [0.5, 0.6) is 0 Å². The summed E-state index contributed by atoms with van der Waals surface area (Å²) in [5, 5.41) is 0. The minimum atomic E-state index is 1.25. The Kier molecular flexibility index (Phi) is 10.3. The van der Waals surface area contributed by atoms with E-state index in [-0.39, 0.29) is 0 Å². The molecule has 0 amide bonds. The van der Waals surface area contributed by atoms with E-state index in [2.05, 4.69) is 159 Å². The van der Waals surface area contributed by atoms with Crippen LogP contribution in [0.4, 0.5) is 0 Å². The van der Waals surface area contributed by atoms with Gasteiger partial charge in [-0.1, -0.05) is 94.2 Å². The fraction of sp³-hybridized carbons (Fsp3) is 0.0526. The number of rotatable bonds is 10. The van der Waals surface area contributed by atoms with Crippen molar-refractivity contribution in [3.63, 3.8) is 0 Å². The average Bonchev–Trinajstić information content (AvgIpc) is 3.03. The fourth-order valence-corrected chi connectivity index (χ4v) is 8.28. The van der Waals surface area contributed by atoms with Crippen LogP contribution in [0.15, 0.2) is 195 Å². The van der Waals surface area contributed by atoms with Crippen molar-refractivity contribution in [3.8, 4) is 0 Å². The van der Waals surface area contributed by atoms with Gasteiger partial charge in [-0.2, -0.15) is 0 Å². The van der Waals surface area contributed by atoms with Crippen LogP contribution >= 0.6 is 58.8 Å². The zero-order chi connectivity index (χ0) is 29.4. The third kappa shape index (κ3) is 9.04. The van der Waals surface area contributed by atoms with Crippen LogP contribution in [0, 0.1) is 13.8 Å². The lowest BCUT2D eigenvalue weighted by molar-refractivity contribution is 1.30. The molecule has 6 aromatic rings. The first kappa shape index (κ1) is 30.1. The predicted octanol–water partition coefficient (Wildman–Crippen LogP) is 13.1. The highest BCUT2D eigenvalue weighted by Crippen LogP contribution is 2.36. The van der Waals surface area contributed by atoms with Crippen molar-refractivity contribution in [2.75, 3.05) is 0 Å². The van der Waals surface area contributed by atoms with Gasteiger partial charge in [0.15, 0.2) is 0 Å². The van der Waals surface area contributed by atoms with Crippen LogP contribution in [-0.4, -0.2) is 0 Å². The van der Waals surface area contributed by atoms with Crippen molar-refractivity contribution in [1.82, 2.24) is 0 Å². The summed E-state index contributed by atoms with van der Waals surface area (Å²) in [7, 11) is 0. The van der Waals surface area contributed by atoms with Gasteiger partial charge in [-0.15, -0.1) is 0 Å². The molecule has 0 unspecified atom stereocenters. The third-order valence-corrected chi connectivity index (χ3v) is 11.6. The molecule has 0 aliphatic rings. The van der Waals surface area contributed by atoms with Crippen molar-refractivity contribution in [1.29, 1.82) is 0 Å². The van der Waals surface area contributed by atoms with Gasteiger partial charge in [0.2, 0.25) is 0 Å². The van der Waals surface area contributed by atoms with E-state index < -0.39 is 0 Å². The molecule has 0 fully saturated rings. The number of aryl methyl sites for hydroxylation is 2. The molecule has 0 bridgehead atoms. The van der Waals surface area contributed by atoms with Crippen LogP contribution in [0.25, 0.3) is 0 Å². The normalized spacial score (nSPS) is 11.0. The molecule has 5 heteroatoms. The van der Waals surface area contributed by atoms with Crippen molar-refractivity contribution < 1.29 is 0 Å². The van der Waals surface area contributed by atoms with E-state index in [1.165, 1.54) is 60.1 Å². The predicted molar refractivity (Wildman–Crippen MR) is 189 cm³/mol. The van der Waals surface area contributed by atoms with Crippen LogP contribution in [0.2, 0.25) is 0 Å². The Morgan fingerprint density at radius 1 is 0.209 bits per heavy atom. The maximum Gasteiger partial charge on any atom is 0.0123 e. The lowest BCUT2D eigenvalue weighted by Gasteiger charge is -2.07. The van der Waals surface area contributed by atoms with Gasteiger partial charge in [0, 0.05) is 49.0 Å². The van der Waals surface area contributed by atoms with Crippen LogP contribution in [0.1, 0.15) is 11.1 Å². The molecular formula is C38H30S5. The number of benzene rings is 6. The van der Waals surface area contributed by atoms with E-state index in [4.69, 9.17) is 0 Å². The summed E-state index contributed by atoms with van der Waals surface area (Å²) in [5.41, 5.74) is 2.58. The van der Waals surface area contributed by atoms with Gasteiger partial charge in [0.05, 0.1) is 0 Å². The van der Waals surface area contributed by atoms with Gasteiger partial charge in [-0.3, -0.25) is 0 Å². The largest absolute Gasteiger partial charge is 0.0901 e. The van der Waals surface area contributed by atoms with E-state index in [0.717, 1.165) is 0 Å². The first-order valence-corrected chi connectivity index (χ1v) is 18.1. The molecule has 212 valence electrons. The first-order chi connectivity index (χ1) is 21.0. The zero-order valence-electron chi connectivity index (χ0n) is 23.9. The molecule has 0 aromatic heterocycles. The highest BCUT2D eigenvalue weighted by molar-refractivity contribution is 8.00. The number of hydrogen-bond acceptors (Lipinski definition) is 5. The van der Waals surface area contributed by atoms with E-state index in [9.17, 15) is 0 Å².